The van der Waals surface area contributed by atoms with Gasteiger partial charge in [0.1, 0.15) is 0 Å². The van der Waals surface area contributed by atoms with Crippen LogP contribution in [0.5, 0.6) is 0 Å². The Bertz CT molecular complexity index is 893. The minimum atomic E-state index is -3.30. The number of aryl methyl sites for hydroxylation is 1. The predicted octanol–water partition coefficient (Wildman–Crippen LogP) is 2.48. The molecule has 0 aromatic heterocycles. The van der Waals surface area contributed by atoms with Crippen molar-refractivity contribution in [1.29, 1.82) is 0 Å². The number of anilines is 2. The number of benzene rings is 1. The summed E-state index contributed by atoms with van der Waals surface area (Å²) in [5, 5.41) is 5.26. The number of carbonyl (C=O) groups excluding carboxylic acids is 2. The molecule has 0 unspecified atom stereocenters. The Labute approximate surface area is 166 Å². The maximum atomic E-state index is 12.2. The number of nitrogens with zero attached hydrogens (tertiary/aromatic N) is 1. The Morgan fingerprint density at radius 3 is 2.64 bits per heavy atom. The summed E-state index contributed by atoms with van der Waals surface area (Å²) < 4.78 is 25.6. The van der Waals surface area contributed by atoms with Gasteiger partial charge in [-0.3, -0.25) is 13.9 Å². The lowest BCUT2D eigenvalue weighted by atomic mass is 9.97. The van der Waals surface area contributed by atoms with Crippen LogP contribution in [0.25, 0.3) is 0 Å². The molecule has 1 fully saturated rings. The number of amides is 2. The maximum Gasteiger partial charge on any atom is 0.313 e. The summed E-state index contributed by atoms with van der Waals surface area (Å²) in [5.74, 6) is -1.31. The Morgan fingerprint density at radius 2 is 1.96 bits per heavy atom. The molecule has 7 nitrogen and oxygen atoms in total. The fourth-order valence-corrected chi connectivity index (χ4v) is 5.11. The van der Waals surface area contributed by atoms with E-state index in [0.717, 1.165) is 24.8 Å². The Balaban J connectivity index is 1.59. The Kier molecular flexibility index (Phi) is 6.39. The fourth-order valence-electron chi connectivity index (χ4n) is 3.56. The lowest BCUT2D eigenvalue weighted by Gasteiger charge is -2.19. The van der Waals surface area contributed by atoms with Crippen LogP contribution >= 0.6 is 0 Å². The van der Waals surface area contributed by atoms with E-state index in [1.807, 2.05) is 0 Å². The van der Waals surface area contributed by atoms with Crippen molar-refractivity contribution < 1.29 is 18.0 Å². The minimum absolute atomic E-state index is 0.126. The molecule has 1 aliphatic heterocycles. The zero-order valence-corrected chi connectivity index (χ0v) is 17.0. The van der Waals surface area contributed by atoms with Crippen LogP contribution in [0.2, 0.25) is 0 Å². The second-order valence-electron chi connectivity index (χ2n) is 7.31. The molecule has 0 bridgehead atoms. The molecular weight excluding hydrogens is 378 g/mol. The van der Waals surface area contributed by atoms with Gasteiger partial charge in [-0.15, -0.1) is 0 Å². The zero-order valence-electron chi connectivity index (χ0n) is 16.2. The third-order valence-corrected chi connectivity index (χ3v) is 7.05. The van der Waals surface area contributed by atoms with Gasteiger partial charge in [0.15, 0.2) is 0 Å². The lowest BCUT2D eigenvalue weighted by Crippen LogP contribution is -2.36. The first-order valence-electron chi connectivity index (χ1n) is 9.75. The number of rotatable bonds is 5. The third kappa shape index (κ3) is 4.92. The lowest BCUT2D eigenvalue weighted by molar-refractivity contribution is -0.136. The molecule has 2 aliphatic rings. The summed E-state index contributed by atoms with van der Waals surface area (Å²) in [6, 6.07) is 5.06. The number of nitrogens with one attached hydrogen (secondary N) is 2. The Morgan fingerprint density at radius 1 is 1.14 bits per heavy atom. The van der Waals surface area contributed by atoms with Crippen LogP contribution in [0, 0.1) is 6.92 Å². The van der Waals surface area contributed by atoms with Gasteiger partial charge in [0, 0.05) is 18.8 Å². The smallest absolute Gasteiger partial charge is 0.313 e. The molecule has 1 aromatic rings. The van der Waals surface area contributed by atoms with Crippen molar-refractivity contribution in [2.75, 3.05) is 28.5 Å². The van der Waals surface area contributed by atoms with Crippen LogP contribution in [0.3, 0.4) is 0 Å². The quantitative estimate of drug-likeness (QED) is 0.581. The first-order chi connectivity index (χ1) is 13.4. The topological polar surface area (TPSA) is 95.6 Å². The van der Waals surface area contributed by atoms with E-state index in [1.165, 1.54) is 22.7 Å². The van der Waals surface area contributed by atoms with E-state index in [4.69, 9.17) is 0 Å². The average molecular weight is 406 g/mol. The summed E-state index contributed by atoms with van der Waals surface area (Å²) in [6.07, 6.45) is 8.12. The number of hydrogen-bond donors (Lipinski definition) is 2. The van der Waals surface area contributed by atoms with Gasteiger partial charge in [-0.1, -0.05) is 17.7 Å². The van der Waals surface area contributed by atoms with Crippen LogP contribution in [0.15, 0.2) is 29.8 Å². The highest BCUT2D eigenvalue weighted by Gasteiger charge is 2.28. The molecule has 1 saturated heterocycles. The molecular formula is C20H27N3O4S. The Hall–Kier alpha value is -2.35. The molecule has 0 saturated carbocycles. The van der Waals surface area contributed by atoms with Crippen molar-refractivity contribution in [1.82, 2.24) is 5.32 Å². The van der Waals surface area contributed by atoms with E-state index in [-0.39, 0.29) is 5.75 Å². The predicted molar refractivity (Wildman–Crippen MR) is 110 cm³/mol. The van der Waals surface area contributed by atoms with E-state index in [9.17, 15) is 18.0 Å². The highest BCUT2D eigenvalue weighted by molar-refractivity contribution is 7.93. The minimum Gasteiger partial charge on any atom is -0.348 e. The van der Waals surface area contributed by atoms with Crippen LogP contribution in [0.1, 0.15) is 44.1 Å². The normalized spacial score (nSPS) is 18.5. The number of carbonyl (C=O) groups is 2. The molecule has 1 aliphatic carbocycles. The molecule has 28 heavy (non-hydrogen) atoms. The molecule has 0 radical (unpaired) electrons. The second kappa shape index (κ2) is 8.77. The summed E-state index contributed by atoms with van der Waals surface area (Å²) >= 11 is 0. The first kappa shape index (κ1) is 20.4. The van der Waals surface area contributed by atoms with Gasteiger partial charge in [-0.25, -0.2) is 8.42 Å². The molecule has 1 heterocycles. The van der Waals surface area contributed by atoms with Crippen molar-refractivity contribution in [2.45, 2.75) is 45.4 Å². The average Bonchev–Trinajstić information content (AvgIpc) is 3.03. The van der Waals surface area contributed by atoms with Crippen LogP contribution in [-0.2, 0) is 19.6 Å². The van der Waals surface area contributed by atoms with Gasteiger partial charge < -0.3 is 10.6 Å². The molecule has 2 N–H and O–H groups in total. The molecule has 1 aromatic carbocycles. The highest BCUT2D eigenvalue weighted by atomic mass is 32.2. The van der Waals surface area contributed by atoms with Crippen molar-refractivity contribution in [3.8, 4) is 0 Å². The number of allylic oxidation sites excluding steroid dienone is 1. The molecule has 152 valence electrons. The van der Waals surface area contributed by atoms with Gasteiger partial charge >= 0.3 is 11.8 Å². The van der Waals surface area contributed by atoms with Crippen molar-refractivity contribution in [3.05, 3.63) is 35.4 Å². The van der Waals surface area contributed by atoms with Crippen LogP contribution < -0.4 is 14.9 Å². The summed E-state index contributed by atoms with van der Waals surface area (Å²) in [4.78, 5) is 24.3. The molecule has 0 atom stereocenters. The highest BCUT2D eigenvalue weighted by Crippen LogP contribution is 2.28. The van der Waals surface area contributed by atoms with E-state index in [2.05, 4.69) is 16.7 Å². The van der Waals surface area contributed by atoms with Gasteiger partial charge in [-0.05, 0) is 63.1 Å². The molecule has 0 spiro atoms. The molecule has 8 heteroatoms. The molecule has 3 rings (SSSR count). The van der Waals surface area contributed by atoms with Crippen LogP contribution in [-0.4, -0.2) is 39.1 Å². The largest absolute Gasteiger partial charge is 0.348 e. The summed E-state index contributed by atoms with van der Waals surface area (Å²) in [5.41, 5.74) is 3.04. The van der Waals surface area contributed by atoms with Gasteiger partial charge in [0.2, 0.25) is 10.0 Å². The van der Waals surface area contributed by atoms with Gasteiger partial charge in [0.25, 0.3) is 0 Å². The van der Waals surface area contributed by atoms with Crippen molar-refractivity contribution >= 4 is 33.2 Å². The number of sulfonamides is 1. The third-order valence-electron chi connectivity index (χ3n) is 5.18. The standard InChI is InChI=1S/C20H27N3O4S/c1-15-8-9-17(23-12-5-13-28(23,26)27)14-18(15)22-20(25)19(24)21-11-10-16-6-3-2-4-7-16/h6,8-9,14H,2-5,7,10-13H2,1H3,(H,21,24)(H,22,25). The summed E-state index contributed by atoms with van der Waals surface area (Å²) in [6.45, 7) is 2.66. The maximum absolute atomic E-state index is 12.2. The zero-order chi connectivity index (χ0) is 20.1. The monoisotopic (exact) mass is 405 g/mol. The number of hydrogen-bond acceptors (Lipinski definition) is 4. The van der Waals surface area contributed by atoms with E-state index in [1.54, 1.807) is 25.1 Å². The van der Waals surface area contributed by atoms with Crippen molar-refractivity contribution in [3.63, 3.8) is 0 Å². The SMILES string of the molecule is Cc1ccc(N2CCCS2(=O)=O)cc1NC(=O)C(=O)NCCC1=CCCCC1. The van der Waals surface area contributed by atoms with Crippen molar-refractivity contribution in [2.24, 2.45) is 0 Å². The van der Waals surface area contributed by atoms with E-state index < -0.39 is 21.8 Å². The summed E-state index contributed by atoms with van der Waals surface area (Å²) in [7, 11) is -3.30. The van der Waals surface area contributed by atoms with Gasteiger partial charge in [0.05, 0.1) is 11.4 Å². The van der Waals surface area contributed by atoms with Crippen LogP contribution in [0.4, 0.5) is 11.4 Å². The first-order valence-corrected chi connectivity index (χ1v) is 11.4. The second-order valence-corrected chi connectivity index (χ2v) is 9.32. The fraction of sp³-hybridized carbons (Fsp3) is 0.500. The van der Waals surface area contributed by atoms with Gasteiger partial charge in [-0.2, -0.15) is 0 Å². The van der Waals surface area contributed by atoms with E-state index >= 15 is 0 Å². The van der Waals surface area contributed by atoms with E-state index in [0.29, 0.717) is 30.9 Å². The molecule has 2 amide bonds.